The van der Waals surface area contributed by atoms with Crippen molar-refractivity contribution in [2.45, 2.75) is 19.1 Å². The molecule has 0 saturated carbocycles. The highest BCUT2D eigenvalue weighted by Gasteiger charge is 2.35. The number of hydrogen-bond acceptors (Lipinski definition) is 4. The Labute approximate surface area is 88.1 Å². The maximum absolute atomic E-state index is 11.1. The quantitative estimate of drug-likeness (QED) is 0.606. The van der Waals surface area contributed by atoms with Crippen LogP contribution in [-0.4, -0.2) is 70.7 Å². The molecule has 0 aromatic carbocycles. The molecule has 0 aliphatic carbocycles. The van der Waals surface area contributed by atoms with Gasteiger partial charge in [-0.2, -0.15) is 0 Å². The minimum atomic E-state index is -0.939. The summed E-state index contributed by atoms with van der Waals surface area (Å²) in [6.07, 6.45) is -0.668. The number of carbonyl (C=O) groups is 2. The Kier molecular flexibility index (Phi) is 3.65. The van der Waals surface area contributed by atoms with Crippen LogP contribution in [-0.2, 0) is 9.59 Å². The van der Waals surface area contributed by atoms with E-state index in [1.165, 1.54) is 11.8 Å². The minimum absolute atomic E-state index is 0.0970. The lowest BCUT2D eigenvalue weighted by Crippen LogP contribution is -2.43. The Hall–Kier alpha value is -1.14. The number of aliphatic hydroxyl groups is 1. The Morgan fingerprint density at radius 3 is 2.47 bits per heavy atom. The molecule has 6 nitrogen and oxygen atoms in total. The molecule has 0 aromatic heterocycles. The normalized spacial score (nSPS) is 26.0. The van der Waals surface area contributed by atoms with Gasteiger partial charge in [-0.1, -0.05) is 0 Å². The Balaban J connectivity index is 2.56. The van der Waals surface area contributed by atoms with E-state index in [0.717, 1.165) is 0 Å². The summed E-state index contributed by atoms with van der Waals surface area (Å²) in [6, 6.07) is -0.287. The van der Waals surface area contributed by atoms with Gasteiger partial charge in [0, 0.05) is 20.0 Å². The average molecular weight is 216 g/mol. The third-order valence-corrected chi connectivity index (χ3v) is 2.66. The molecule has 2 atom stereocenters. The number of carbonyl (C=O) groups excluding carboxylic acids is 1. The van der Waals surface area contributed by atoms with Crippen LogP contribution in [0.15, 0.2) is 0 Å². The lowest BCUT2D eigenvalue weighted by molar-refractivity contribution is -0.138. The van der Waals surface area contributed by atoms with Gasteiger partial charge in [-0.15, -0.1) is 0 Å². The predicted octanol–water partition coefficient (Wildman–Crippen LogP) is -1.41. The molecule has 6 heteroatoms. The van der Waals surface area contributed by atoms with E-state index in [0.29, 0.717) is 6.54 Å². The SMILES string of the molecule is CC(=O)N1C[C@@H](O)[C@H](N(C)CC(=O)O)C1. The molecule has 1 rings (SSSR count). The number of carboxylic acids is 1. The molecule has 0 aromatic rings. The van der Waals surface area contributed by atoms with Gasteiger partial charge in [0.25, 0.3) is 0 Å². The first-order chi connectivity index (χ1) is 6.91. The highest BCUT2D eigenvalue weighted by molar-refractivity contribution is 5.73. The van der Waals surface area contributed by atoms with Crippen LogP contribution in [0.25, 0.3) is 0 Å². The summed E-state index contributed by atoms with van der Waals surface area (Å²) in [5.74, 6) is -1.04. The van der Waals surface area contributed by atoms with Gasteiger partial charge >= 0.3 is 5.97 Å². The number of hydrogen-bond donors (Lipinski definition) is 2. The molecule has 1 fully saturated rings. The lowest BCUT2D eigenvalue weighted by Gasteiger charge is -2.24. The number of carboxylic acid groups (broad SMARTS) is 1. The van der Waals surface area contributed by atoms with E-state index in [2.05, 4.69) is 0 Å². The number of amides is 1. The van der Waals surface area contributed by atoms with Crippen molar-refractivity contribution in [3.05, 3.63) is 0 Å². The van der Waals surface area contributed by atoms with Gasteiger partial charge in [0.1, 0.15) is 0 Å². The number of likely N-dealkylation sites (tertiary alicyclic amines) is 1. The summed E-state index contributed by atoms with van der Waals surface area (Å²) in [4.78, 5) is 24.6. The van der Waals surface area contributed by atoms with E-state index in [9.17, 15) is 14.7 Å². The molecule has 0 unspecified atom stereocenters. The van der Waals surface area contributed by atoms with Crippen molar-refractivity contribution in [3.8, 4) is 0 Å². The molecule has 2 N–H and O–H groups in total. The summed E-state index contributed by atoms with van der Waals surface area (Å²) in [5, 5.41) is 18.3. The van der Waals surface area contributed by atoms with Crippen LogP contribution in [0.4, 0.5) is 0 Å². The number of likely N-dealkylation sites (N-methyl/N-ethyl adjacent to an activating group) is 1. The van der Waals surface area contributed by atoms with Gasteiger partial charge < -0.3 is 15.1 Å². The number of aliphatic carboxylic acids is 1. The molecule has 1 saturated heterocycles. The Bertz CT molecular complexity index is 269. The topological polar surface area (TPSA) is 81.1 Å². The molecule has 1 amide bonds. The minimum Gasteiger partial charge on any atom is -0.480 e. The molecule has 0 bridgehead atoms. The molecule has 0 spiro atoms. The molecular formula is C9H16N2O4. The second kappa shape index (κ2) is 4.59. The van der Waals surface area contributed by atoms with Crippen molar-refractivity contribution in [1.82, 2.24) is 9.80 Å². The molecule has 0 radical (unpaired) electrons. The van der Waals surface area contributed by atoms with E-state index < -0.39 is 12.1 Å². The largest absolute Gasteiger partial charge is 0.480 e. The summed E-state index contributed by atoms with van der Waals surface area (Å²) in [5.41, 5.74) is 0. The number of aliphatic hydroxyl groups excluding tert-OH is 1. The fourth-order valence-corrected chi connectivity index (χ4v) is 1.79. The van der Waals surface area contributed by atoms with Gasteiger partial charge in [0.05, 0.1) is 18.7 Å². The fourth-order valence-electron chi connectivity index (χ4n) is 1.79. The third kappa shape index (κ3) is 2.90. The van der Waals surface area contributed by atoms with Crippen LogP contribution < -0.4 is 0 Å². The van der Waals surface area contributed by atoms with E-state index in [4.69, 9.17) is 5.11 Å². The molecular weight excluding hydrogens is 200 g/mol. The van der Waals surface area contributed by atoms with Crippen LogP contribution >= 0.6 is 0 Å². The van der Waals surface area contributed by atoms with Gasteiger partial charge in [0.15, 0.2) is 0 Å². The first-order valence-electron chi connectivity index (χ1n) is 4.77. The zero-order valence-corrected chi connectivity index (χ0v) is 8.88. The first kappa shape index (κ1) is 11.9. The van der Waals surface area contributed by atoms with Crippen molar-refractivity contribution < 1.29 is 19.8 Å². The maximum atomic E-state index is 11.1. The highest BCUT2D eigenvalue weighted by atomic mass is 16.4. The van der Waals surface area contributed by atoms with E-state index in [1.807, 2.05) is 0 Å². The fraction of sp³-hybridized carbons (Fsp3) is 0.778. The molecule has 1 aliphatic rings. The number of nitrogens with zero attached hydrogens (tertiary/aromatic N) is 2. The summed E-state index contributed by atoms with van der Waals surface area (Å²) < 4.78 is 0. The Morgan fingerprint density at radius 1 is 1.47 bits per heavy atom. The van der Waals surface area contributed by atoms with Crippen LogP contribution in [0.5, 0.6) is 0 Å². The smallest absolute Gasteiger partial charge is 0.317 e. The highest BCUT2D eigenvalue weighted by Crippen LogP contribution is 2.14. The summed E-state index contributed by atoms with van der Waals surface area (Å²) in [7, 11) is 1.63. The number of rotatable bonds is 3. The standard InChI is InChI=1S/C9H16N2O4/c1-6(12)11-3-7(8(13)4-11)10(2)5-9(14)15/h7-8,13H,3-5H2,1-2H3,(H,14,15)/t7-,8-/m1/s1. The second-order valence-electron chi connectivity index (χ2n) is 3.87. The summed E-state index contributed by atoms with van der Waals surface area (Å²) >= 11 is 0. The monoisotopic (exact) mass is 216 g/mol. The van der Waals surface area contributed by atoms with Crippen molar-refractivity contribution in [1.29, 1.82) is 0 Å². The van der Waals surface area contributed by atoms with E-state index in [1.54, 1.807) is 11.9 Å². The van der Waals surface area contributed by atoms with Crippen molar-refractivity contribution in [3.63, 3.8) is 0 Å². The van der Waals surface area contributed by atoms with E-state index in [-0.39, 0.29) is 25.0 Å². The third-order valence-electron chi connectivity index (χ3n) is 2.66. The summed E-state index contributed by atoms with van der Waals surface area (Å²) in [6.45, 7) is 1.98. The zero-order chi connectivity index (χ0) is 11.6. The van der Waals surface area contributed by atoms with Crippen LogP contribution in [0.2, 0.25) is 0 Å². The maximum Gasteiger partial charge on any atom is 0.317 e. The van der Waals surface area contributed by atoms with E-state index >= 15 is 0 Å². The van der Waals surface area contributed by atoms with Crippen LogP contribution in [0.1, 0.15) is 6.92 Å². The predicted molar refractivity (Wildman–Crippen MR) is 52.3 cm³/mol. The number of β-amino-alcohol motifs (C(OH)–C–C–N with tert-alkyl or cyclic N) is 1. The van der Waals surface area contributed by atoms with Crippen LogP contribution in [0.3, 0.4) is 0 Å². The first-order valence-corrected chi connectivity index (χ1v) is 4.77. The van der Waals surface area contributed by atoms with Gasteiger partial charge in [-0.05, 0) is 7.05 Å². The molecule has 1 heterocycles. The van der Waals surface area contributed by atoms with Crippen molar-refractivity contribution >= 4 is 11.9 Å². The molecule has 15 heavy (non-hydrogen) atoms. The lowest BCUT2D eigenvalue weighted by atomic mass is 10.2. The van der Waals surface area contributed by atoms with Crippen molar-refractivity contribution in [2.24, 2.45) is 0 Å². The second-order valence-corrected chi connectivity index (χ2v) is 3.87. The van der Waals surface area contributed by atoms with Crippen molar-refractivity contribution in [2.75, 3.05) is 26.7 Å². The Morgan fingerprint density at radius 2 is 2.07 bits per heavy atom. The average Bonchev–Trinajstić information content (AvgIpc) is 2.46. The zero-order valence-electron chi connectivity index (χ0n) is 8.88. The molecule has 86 valence electrons. The van der Waals surface area contributed by atoms with Gasteiger partial charge in [-0.3, -0.25) is 14.5 Å². The van der Waals surface area contributed by atoms with Gasteiger partial charge in [-0.25, -0.2) is 0 Å². The molecule has 1 aliphatic heterocycles. The van der Waals surface area contributed by atoms with Gasteiger partial charge in [0.2, 0.25) is 5.91 Å². The van der Waals surface area contributed by atoms with Crippen LogP contribution in [0, 0.1) is 0 Å².